The second-order valence-electron chi connectivity index (χ2n) is 3.76. The third-order valence-corrected chi connectivity index (χ3v) is 3.85. The highest BCUT2D eigenvalue weighted by molar-refractivity contribution is 7.89. The molecule has 0 bridgehead atoms. The van der Waals surface area contributed by atoms with Gasteiger partial charge in [0.05, 0.1) is 11.9 Å². The van der Waals surface area contributed by atoms with Crippen LogP contribution in [0.3, 0.4) is 0 Å². The van der Waals surface area contributed by atoms with E-state index in [9.17, 15) is 13.5 Å². The zero-order valence-corrected chi connectivity index (χ0v) is 9.59. The largest absolute Gasteiger partial charge is 0.386 e. The molecule has 2 N–H and O–H groups in total. The van der Waals surface area contributed by atoms with Crippen LogP contribution in [0.25, 0.3) is 0 Å². The fourth-order valence-corrected chi connectivity index (χ4v) is 2.35. The van der Waals surface area contributed by atoms with Crippen molar-refractivity contribution in [1.82, 2.24) is 4.72 Å². The topological polar surface area (TPSA) is 75.6 Å². The van der Waals surface area contributed by atoms with E-state index in [0.717, 1.165) is 0 Å². The molecule has 0 aliphatic carbocycles. The zero-order valence-electron chi connectivity index (χ0n) is 8.77. The van der Waals surface area contributed by atoms with Gasteiger partial charge >= 0.3 is 0 Å². The quantitative estimate of drug-likeness (QED) is 0.638. The van der Waals surface area contributed by atoms with Gasteiger partial charge in [0.15, 0.2) is 0 Å². The van der Waals surface area contributed by atoms with Crippen molar-refractivity contribution in [3.63, 3.8) is 0 Å². The molecular formula is C9H17NO4S. The predicted molar refractivity (Wildman–Crippen MR) is 57.0 cm³/mol. The zero-order chi connectivity index (χ0) is 11.5. The molecule has 0 aromatic rings. The third-order valence-electron chi connectivity index (χ3n) is 2.60. The van der Waals surface area contributed by atoms with Crippen molar-refractivity contribution in [2.45, 2.75) is 25.0 Å². The predicted octanol–water partition coefficient (Wildman–Crippen LogP) is -0.368. The van der Waals surface area contributed by atoms with Crippen molar-refractivity contribution in [1.29, 1.82) is 0 Å². The lowest BCUT2D eigenvalue weighted by Gasteiger charge is -2.25. The van der Waals surface area contributed by atoms with Crippen molar-refractivity contribution >= 4 is 10.0 Å². The van der Waals surface area contributed by atoms with Crippen molar-refractivity contribution in [3.05, 3.63) is 12.7 Å². The van der Waals surface area contributed by atoms with Gasteiger partial charge in [-0.3, -0.25) is 0 Å². The van der Waals surface area contributed by atoms with Gasteiger partial charge in [0.1, 0.15) is 5.60 Å². The molecule has 0 amide bonds. The van der Waals surface area contributed by atoms with E-state index in [-0.39, 0.29) is 18.4 Å². The summed E-state index contributed by atoms with van der Waals surface area (Å²) in [5.41, 5.74) is -1.09. The Labute approximate surface area is 90.2 Å². The molecule has 1 fully saturated rings. The molecule has 15 heavy (non-hydrogen) atoms. The number of nitrogens with one attached hydrogen (secondary N) is 1. The molecular weight excluding hydrogens is 218 g/mol. The standard InChI is InChI=1S/C9H17NO4S/c1-3-6-15(12,13)10-7-9(11)4-5-14-8(9)2/h3,8,10-11H,1,4-7H2,2H3. The van der Waals surface area contributed by atoms with Gasteiger partial charge in [-0.2, -0.15) is 0 Å². The van der Waals surface area contributed by atoms with E-state index >= 15 is 0 Å². The van der Waals surface area contributed by atoms with Crippen LogP contribution in [0, 0.1) is 0 Å². The number of sulfonamides is 1. The average molecular weight is 235 g/mol. The summed E-state index contributed by atoms with van der Waals surface area (Å²) in [5, 5.41) is 10.0. The van der Waals surface area contributed by atoms with E-state index in [1.807, 2.05) is 0 Å². The van der Waals surface area contributed by atoms with Crippen molar-refractivity contribution < 1.29 is 18.3 Å². The monoisotopic (exact) mass is 235 g/mol. The molecule has 0 aromatic carbocycles. The molecule has 2 unspecified atom stereocenters. The molecule has 88 valence electrons. The number of aliphatic hydroxyl groups is 1. The van der Waals surface area contributed by atoms with Crippen LogP contribution in [0.5, 0.6) is 0 Å². The molecule has 1 saturated heterocycles. The summed E-state index contributed by atoms with van der Waals surface area (Å²) < 4.78 is 30.1. The van der Waals surface area contributed by atoms with E-state index in [1.165, 1.54) is 6.08 Å². The van der Waals surface area contributed by atoms with Gasteiger partial charge in [-0.05, 0) is 6.92 Å². The molecule has 1 heterocycles. The smallest absolute Gasteiger partial charge is 0.215 e. The molecule has 1 aliphatic rings. The summed E-state index contributed by atoms with van der Waals surface area (Å²) >= 11 is 0. The Morgan fingerprint density at radius 2 is 2.40 bits per heavy atom. The molecule has 1 aliphatic heterocycles. The van der Waals surface area contributed by atoms with E-state index in [4.69, 9.17) is 4.74 Å². The molecule has 5 nitrogen and oxygen atoms in total. The summed E-state index contributed by atoms with van der Waals surface area (Å²) in [6.45, 7) is 5.53. The van der Waals surface area contributed by atoms with Crippen LogP contribution in [0.1, 0.15) is 13.3 Å². The van der Waals surface area contributed by atoms with Crippen LogP contribution >= 0.6 is 0 Å². The maximum absolute atomic E-state index is 11.3. The first-order chi connectivity index (χ1) is 6.90. The Bertz CT molecular complexity index is 327. The van der Waals surface area contributed by atoms with Gasteiger partial charge in [0.25, 0.3) is 0 Å². The molecule has 6 heteroatoms. The van der Waals surface area contributed by atoms with Gasteiger partial charge in [-0.1, -0.05) is 6.08 Å². The Hall–Kier alpha value is -0.430. The minimum Gasteiger partial charge on any atom is -0.386 e. The van der Waals surface area contributed by atoms with Crippen LogP contribution in [0.2, 0.25) is 0 Å². The second kappa shape index (κ2) is 4.61. The minimum atomic E-state index is -3.36. The van der Waals surface area contributed by atoms with E-state index in [1.54, 1.807) is 6.92 Å². The number of ether oxygens (including phenoxy) is 1. The van der Waals surface area contributed by atoms with Crippen molar-refractivity contribution in [2.75, 3.05) is 18.9 Å². The summed E-state index contributed by atoms with van der Waals surface area (Å²) in [6, 6.07) is 0. The SMILES string of the molecule is C=CCS(=O)(=O)NCC1(O)CCOC1C. The third kappa shape index (κ3) is 3.27. The highest BCUT2D eigenvalue weighted by Gasteiger charge is 2.40. The van der Waals surface area contributed by atoms with Crippen LogP contribution in [-0.4, -0.2) is 44.1 Å². The maximum Gasteiger partial charge on any atom is 0.215 e. The molecule has 0 spiro atoms. The molecule has 1 rings (SSSR count). The number of rotatable bonds is 5. The van der Waals surface area contributed by atoms with E-state index in [0.29, 0.717) is 13.0 Å². The fourth-order valence-electron chi connectivity index (χ4n) is 1.45. The number of hydrogen-bond donors (Lipinski definition) is 2. The summed E-state index contributed by atoms with van der Waals surface area (Å²) in [6.07, 6.45) is 1.41. The highest BCUT2D eigenvalue weighted by Crippen LogP contribution is 2.24. The second-order valence-corrected chi connectivity index (χ2v) is 5.61. The van der Waals surface area contributed by atoms with Gasteiger partial charge in [0.2, 0.25) is 10.0 Å². The minimum absolute atomic E-state index is 0.00958. The summed E-state index contributed by atoms with van der Waals surface area (Å²) in [7, 11) is -3.36. The first kappa shape index (κ1) is 12.6. The Morgan fingerprint density at radius 1 is 1.73 bits per heavy atom. The Balaban J connectivity index is 2.53. The van der Waals surface area contributed by atoms with Crippen LogP contribution in [-0.2, 0) is 14.8 Å². The number of hydrogen-bond acceptors (Lipinski definition) is 4. The first-order valence-electron chi connectivity index (χ1n) is 4.82. The van der Waals surface area contributed by atoms with Gasteiger partial charge in [-0.25, -0.2) is 13.1 Å². The van der Waals surface area contributed by atoms with Crippen LogP contribution < -0.4 is 4.72 Å². The van der Waals surface area contributed by atoms with Crippen LogP contribution in [0.15, 0.2) is 12.7 Å². The van der Waals surface area contributed by atoms with E-state index < -0.39 is 15.6 Å². The molecule has 2 atom stereocenters. The lowest BCUT2D eigenvalue weighted by atomic mass is 9.97. The normalized spacial score (nSPS) is 31.7. The van der Waals surface area contributed by atoms with Crippen molar-refractivity contribution in [2.24, 2.45) is 0 Å². The maximum atomic E-state index is 11.3. The fraction of sp³-hybridized carbons (Fsp3) is 0.778. The highest BCUT2D eigenvalue weighted by atomic mass is 32.2. The summed E-state index contributed by atoms with van der Waals surface area (Å²) in [5.74, 6) is -0.141. The molecule has 0 aromatic heterocycles. The lowest BCUT2D eigenvalue weighted by molar-refractivity contribution is -0.0228. The molecule has 0 saturated carbocycles. The van der Waals surface area contributed by atoms with Gasteiger partial charge in [0, 0.05) is 19.6 Å². The first-order valence-corrected chi connectivity index (χ1v) is 6.47. The Morgan fingerprint density at radius 3 is 2.87 bits per heavy atom. The van der Waals surface area contributed by atoms with Gasteiger partial charge < -0.3 is 9.84 Å². The van der Waals surface area contributed by atoms with Crippen LogP contribution in [0.4, 0.5) is 0 Å². The summed E-state index contributed by atoms with van der Waals surface area (Å²) in [4.78, 5) is 0. The average Bonchev–Trinajstić information content (AvgIpc) is 2.45. The molecule has 0 radical (unpaired) electrons. The Kier molecular flexibility index (Phi) is 3.88. The van der Waals surface area contributed by atoms with Crippen molar-refractivity contribution in [3.8, 4) is 0 Å². The lowest BCUT2D eigenvalue weighted by Crippen LogP contribution is -2.47. The van der Waals surface area contributed by atoms with Gasteiger partial charge in [-0.15, -0.1) is 6.58 Å². The van der Waals surface area contributed by atoms with E-state index in [2.05, 4.69) is 11.3 Å².